The van der Waals surface area contributed by atoms with Crippen molar-refractivity contribution >= 4 is 60.6 Å². The van der Waals surface area contributed by atoms with Crippen LogP contribution in [0.25, 0.3) is 21.3 Å². The molecule has 4 N–H and O–H groups in total. The van der Waals surface area contributed by atoms with Gasteiger partial charge < -0.3 is 44.2 Å². The summed E-state index contributed by atoms with van der Waals surface area (Å²) in [6.07, 6.45) is 5.81. The zero-order valence-electron chi connectivity index (χ0n) is 33.7. The summed E-state index contributed by atoms with van der Waals surface area (Å²) in [5.41, 5.74) is 0.568. The van der Waals surface area contributed by atoms with Gasteiger partial charge in [-0.25, -0.2) is 21.6 Å². The second-order valence-corrected chi connectivity index (χ2v) is 21.3. The number of amides is 2. The Bertz CT molecular complexity index is 2180. The molecule has 0 spiro atoms. The van der Waals surface area contributed by atoms with E-state index in [2.05, 4.69) is 35.9 Å². The molecule has 0 atom stereocenters. The van der Waals surface area contributed by atoms with Crippen molar-refractivity contribution in [3.63, 3.8) is 0 Å². The van der Waals surface area contributed by atoms with E-state index in [1.165, 1.54) is 22.7 Å². The summed E-state index contributed by atoms with van der Waals surface area (Å²) in [6.45, 7) is 6.65. The van der Waals surface area contributed by atoms with Crippen molar-refractivity contribution in [1.29, 1.82) is 0 Å². The topological polar surface area (TPSA) is 241 Å². The van der Waals surface area contributed by atoms with Gasteiger partial charge in [-0.1, -0.05) is 28.9 Å². The molecule has 4 aliphatic heterocycles. The van der Waals surface area contributed by atoms with Crippen molar-refractivity contribution in [2.75, 3.05) is 78.0 Å². The Morgan fingerprint density at radius 3 is 1.82 bits per heavy atom. The van der Waals surface area contributed by atoms with Crippen LogP contribution >= 0.6 is 22.7 Å². The van der Waals surface area contributed by atoms with E-state index >= 15 is 0 Å². The van der Waals surface area contributed by atoms with Crippen LogP contribution in [0.15, 0.2) is 56.2 Å². The summed E-state index contributed by atoms with van der Waals surface area (Å²) in [5, 5.41) is 19.6. The number of hydrogen-bond acceptors (Lipinski definition) is 17. The van der Waals surface area contributed by atoms with Crippen molar-refractivity contribution in [1.82, 2.24) is 35.9 Å². The molecule has 0 radical (unpaired) electrons. The molecule has 0 saturated carbocycles. The Kier molecular flexibility index (Phi) is 17.6. The molecule has 61 heavy (non-hydrogen) atoms. The van der Waals surface area contributed by atoms with Crippen LogP contribution in [-0.2, 0) is 34.1 Å². The van der Waals surface area contributed by atoms with Crippen molar-refractivity contribution in [2.45, 2.75) is 55.1 Å². The van der Waals surface area contributed by atoms with Gasteiger partial charge in [-0.05, 0) is 55.1 Å². The first-order valence-corrected chi connectivity index (χ1v) is 25.4. The van der Waals surface area contributed by atoms with E-state index in [4.69, 9.17) is 18.5 Å². The molecule has 8 heterocycles. The number of unbranched alkanes of at least 4 members (excludes halogenated alkanes) is 4. The molecular weight excluding hydrogens is 871 g/mol. The average molecular weight is 924 g/mol. The number of carbonyl (C=O) groups is 3. The summed E-state index contributed by atoms with van der Waals surface area (Å²) in [5.74, 6) is 1.18. The Labute approximate surface area is 363 Å². The normalized spacial score (nSPS) is 17.3. The number of ether oxygens (including phenoxy) is 2. The zero-order valence-corrected chi connectivity index (χ0v) is 37.0. The van der Waals surface area contributed by atoms with E-state index in [0.717, 1.165) is 54.7 Å². The van der Waals surface area contributed by atoms with E-state index in [9.17, 15) is 31.2 Å². The lowest BCUT2D eigenvalue weighted by Crippen LogP contribution is -2.59. The molecule has 4 aliphatic rings. The van der Waals surface area contributed by atoms with Gasteiger partial charge >= 0.3 is 0 Å². The molecule has 334 valence electrons. The van der Waals surface area contributed by atoms with Crippen LogP contribution in [0, 0.1) is 5.92 Å². The summed E-state index contributed by atoms with van der Waals surface area (Å²) in [4.78, 5) is 38.1. The van der Waals surface area contributed by atoms with Crippen LogP contribution in [0.2, 0.25) is 0 Å². The number of aldehydes is 1. The predicted molar refractivity (Wildman–Crippen MR) is 230 cm³/mol. The molecule has 0 aromatic carbocycles. The molecule has 22 heteroatoms. The summed E-state index contributed by atoms with van der Waals surface area (Å²) >= 11 is 3.07. The fraction of sp³-hybridized carbons (Fsp3) is 0.564. The minimum Gasteiger partial charge on any atom is -0.381 e. The maximum atomic E-state index is 12.3. The van der Waals surface area contributed by atoms with Crippen LogP contribution < -0.4 is 20.7 Å². The molecule has 8 rings (SSSR count). The maximum Gasteiger partial charge on any atom is 0.273 e. The highest BCUT2D eigenvalue weighted by atomic mass is 32.2. The predicted octanol–water partition coefficient (Wildman–Crippen LogP) is 2.83. The lowest BCUT2D eigenvalue weighted by molar-refractivity contribution is -0.107. The van der Waals surface area contributed by atoms with Crippen molar-refractivity contribution < 1.29 is 49.7 Å². The van der Waals surface area contributed by atoms with E-state index in [0.29, 0.717) is 89.3 Å². The minimum absolute atomic E-state index is 0.00981. The van der Waals surface area contributed by atoms with Gasteiger partial charge in [0.05, 0.1) is 53.2 Å². The Hall–Kier alpha value is -3.87. The highest BCUT2D eigenvalue weighted by Crippen LogP contribution is 2.26. The maximum absolute atomic E-state index is 12.3. The first-order valence-electron chi connectivity index (χ1n) is 20.3. The highest BCUT2D eigenvalue weighted by molar-refractivity contribution is 7.92. The van der Waals surface area contributed by atoms with Gasteiger partial charge in [-0.3, -0.25) is 9.59 Å². The fourth-order valence-corrected chi connectivity index (χ4v) is 11.1. The number of sulfone groups is 1. The molecule has 18 nitrogen and oxygen atoms in total. The van der Waals surface area contributed by atoms with Crippen molar-refractivity contribution in [3.8, 4) is 21.3 Å². The first-order chi connectivity index (χ1) is 29.5. The lowest BCUT2D eigenvalue weighted by Gasteiger charge is -2.39. The molecular formula is C39H53N7O11S4. The van der Waals surface area contributed by atoms with Gasteiger partial charge in [-0.2, -0.15) is 0 Å². The number of likely N-dealkylation sites (tertiary alicyclic amines) is 1. The van der Waals surface area contributed by atoms with Crippen LogP contribution in [-0.4, -0.2) is 145 Å². The summed E-state index contributed by atoms with van der Waals surface area (Å²) in [6, 6.07) is 11.0. The second-order valence-electron chi connectivity index (χ2n) is 15.1. The van der Waals surface area contributed by atoms with Crippen LogP contribution in [0.1, 0.15) is 59.5 Å². The van der Waals surface area contributed by atoms with E-state index in [1.807, 2.05) is 35.0 Å². The summed E-state index contributed by atoms with van der Waals surface area (Å²) < 4.78 is 70.3. The molecule has 2 amide bonds. The minimum atomic E-state index is -3.08. The quantitative estimate of drug-likeness (QED) is 0.0694. The third kappa shape index (κ3) is 14.1. The average Bonchev–Trinajstić information content (AvgIpc) is 4.00. The van der Waals surface area contributed by atoms with Gasteiger partial charge in [0.15, 0.2) is 32.7 Å². The van der Waals surface area contributed by atoms with Gasteiger partial charge in [0, 0.05) is 63.7 Å². The Balaban J connectivity index is 0.000000170. The number of sulfonamides is 1. The second kappa shape index (κ2) is 23.0. The molecule has 4 fully saturated rings. The third-order valence-electron chi connectivity index (χ3n) is 10.2. The monoisotopic (exact) mass is 923 g/mol. The van der Waals surface area contributed by atoms with Crippen LogP contribution in [0.4, 0.5) is 0 Å². The number of rotatable bonds is 21. The number of thiophene rings is 2. The van der Waals surface area contributed by atoms with Gasteiger partial charge in [0.1, 0.15) is 11.5 Å². The molecule has 4 aromatic rings. The van der Waals surface area contributed by atoms with E-state index in [-0.39, 0.29) is 45.7 Å². The zero-order chi connectivity index (χ0) is 43.1. The third-order valence-corrected chi connectivity index (χ3v) is 16.1. The van der Waals surface area contributed by atoms with Gasteiger partial charge in [0.25, 0.3) is 11.8 Å². The molecule has 4 aromatic heterocycles. The molecule has 0 aliphatic carbocycles. The standard InChI is InChI=1S/C20H27N3O5S2.C13H14N2O3S.C6H12N2O3S/c24-20(17-9-18(28-22-17)19-5-4-8-29-19)21-6-2-1-3-7-23-10-16(11-23)30(25,26)14-15-12-27-13-15;16-7-3-1-2-6-14-13(17)10-9-11(18-15-10)12-5-4-8-19-12;9-12(10,6-1-7-2-6)8-5-3-11-4-5/h4-5,8-9,15-16H,1-3,6-7,10-14H2,(H,21,24);4-5,7-9H,1-3,6H2,(H,14,17);5-8H,1-4H2. The first kappa shape index (κ1) is 46.6. The van der Waals surface area contributed by atoms with Crippen LogP contribution in [0.5, 0.6) is 0 Å². The Morgan fingerprint density at radius 2 is 1.36 bits per heavy atom. The summed E-state index contributed by atoms with van der Waals surface area (Å²) in [7, 11) is -6.06. The SMILES string of the molecule is O=C(NCCCCCN1CC(S(=O)(=O)CC2COC2)C1)c1cc(-c2cccs2)on1.O=CCCCCNC(=O)c1cc(-c2cccs2)on1.O=S(=O)(NC1COC1)C1CNC1. The van der Waals surface area contributed by atoms with E-state index in [1.54, 1.807) is 12.1 Å². The number of hydrogen-bond donors (Lipinski definition) is 4. The molecule has 0 bridgehead atoms. The largest absolute Gasteiger partial charge is 0.381 e. The van der Waals surface area contributed by atoms with Crippen LogP contribution in [0.3, 0.4) is 0 Å². The fourth-order valence-electron chi connectivity index (χ4n) is 6.30. The van der Waals surface area contributed by atoms with Crippen molar-refractivity contribution in [3.05, 3.63) is 58.5 Å². The number of nitrogens with zero attached hydrogens (tertiary/aromatic N) is 3. The van der Waals surface area contributed by atoms with Gasteiger partial charge in [-0.15, -0.1) is 22.7 Å². The molecule has 4 saturated heterocycles. The smallest absolute Gasteiger partial charge is 0.273 e. The number of carbonyl (C=O) groups excluding carboxylic acids is 3. The number of aromatic nitrogens is 2. The lowest BCUT2D eigenvalue weighted by atomic mass is 10.1. The molecule has 0 unspecified atom stereocenters. The van der Waals surface area contributed by atoms with Crippen molar-refractivity contribution in [2.24, 2.45) is 5.92 Å². The highest BCUT2D eigenvalue weighted by Gasteiger charge is 2.39. The Morgan fingerprint density at radius 1 is 0.787 bits per heavy atom. The number of nitrogens with one attached hydrogen (secondary N) is 4. The van der Waals surface area contributed by atoms with E-state index < -0.39 is 19.9 Å². The van der Waals surface area contributed by atoms with Gasteiger partial charge in [0.2, 0.25) is 10.0 Å².